The Bertz CT molecular complexity index is 840. The molecule has 1 aliphatic rings. The van der Waals surface area contributed by atoms with Crippen LogP contribution in [0.15, 0.2) is 35.5 Å². The molecule has 162 valence electrons. The Morgan fingerprint density at radius 1 is 1.10 bits per heavy atom. The molecule has 0 saturated carbocycles. The molecule has 0 N–H and O–H groups in total. The van der Waals surface area contributed by atoms with Gasteiger partial charge in [0, 0.05) is 51.0 Å². The van der Waals surface area contributed by atoms with Crippen LogP contribution in [0, 0.1) is 0 Å². The van der Waals surface area contributed by atoms with Crippen LogP contribution in [0.25, 0.3) is 0 Å². The Balaban J connectivity index is 1.60. The van der Waals surface area contributed by atoms with E-state index in [-0.39, 0.29) is 5.91 Å². The molecule has 30 heavy (non-hydrogen) atoms. The maximum Gasteiger partial charge on any atom is 0.233 e. The molecule has 1 aliphatic heterocycles. The summed E-state index contributed by atoms with van der Waals surface area (Å²) in [6.45, 7) is 8.81. The molecule has 0 radical (unpaired) electrons. The predicted molar refractivity (Wildman–Crippen MR) is 123 cm³/mol. The first-order valence-electron chi connectivity index (χ1n) is 10.1. The van der Waals surface area contributed by atoms with Crippen LogP contribution < -0.4 is 14.5 Å². The molecule has 0 atom stereocenters. The number of piperazine rings is 1. The van der Waals surface area contributed by atoms with Gasteiger partial charge in [-0.15, -0.1) is 0 Å². The van der Waals surface area contributed by atoms with Crippen molar-refractivity contribution >= 4 is 40.8 Å². The van der Waals surface area contributed by atoms with Gasteiger partial charge in [0.15, 0.2) is 5.16 Å². The summed E-state index contributed by atoms with van der Waals surface area (Å²) in [5, 5.41) is 0.936. The Kier molecular flexibility index (Phi) is 8.04. The van der Waals surface area contributed by atoms with Crippen LogP contribution >= 0.6 is 23.4 Å². The first-order valence-corrected chi connectivity index (χ1v) is 11.5. The topological polar surface area (TPSA) is 61.8 Å². The monoisotopic (exact) mass is 449 g/mol. The molecule has 1 amide bonds. The summed E-state index contributed by atoms with van der Waals surface area (Å²) in [4.78, 5) is 27.5. The van der Waals surface area contributed by atoms with Gasteiger partial charge < -0.3 is 19.4 Å². The fraction of sp³-hybridized carbons (Fsp3) is 0.476. The number of carbonyl (C=O) groups excluding carboxylic acids is 1. The minimum Gasteiger partial charge on any atom is -0.497 e. The summed E-state index contributed by atoms with van der Waals surface area (Å²) < 4.78 is 5.23. The second kappa shape index (κ2) is 10.7. The van der Waals surface area contributed by atoms with E-state index in [9.17, 15) is 4.79 Å². The summed E-state index contributed by atoms with van der Waals surface area (Å²) in [7, 11) is 1.67. The quantitative estimate of drug-likeness (QED) is 0.347. The number of anilines is 2. The third-order valence-corrected chi connectivity index (χ3v) is 6.17. The molecule has 0 bridgehead atoms. The molecular weight excluding hydrogens is 422 g/mol. The summed E-state index contributed by atoms with van der Waals surface area (Å²) in [5.74, 6) is 2.06. The van der Waals surface area contributed by atoms with Crippen molar-refractivity contribution in [2.75, 3.05) is 61.9 Å². The number of methoxy groups -OCH3 is 1. The van der Waals surface area contributed by atoms with Crippen molar-refractivity contribution in [3.05, 3.63) is 35.5 Å². The lowest BCUT2D eigenvalue weighted by Gasteiger charge is -2.36. The lowest BCUT2D eigenvalue weighted by molar-refractivity contribution is -0.127. The van der Waals surface area contributed by atoms with Gasteiger partial charge >= 0.3 is 0 Å². The zero-order valence-corrected chi connectivity index (χ0v) is 19.2. The molecule has 0 spiro atoms. The molecule has 1 fully saturated rings. The first-order chi connectivity index (χ1) is 14.5. The van der Waals surface area contributed by atoms with Crippen molar-refractivity contribution in [3.63, 3.8) is 0 Å². The second-order valence-electron chi connectivity index (χ2n) is 6.86. The van der Waals surface area contributed by atoms with Gasteiger partial charge in [-0.05, 0) is 38.1 Å². The average molecular weight is 450 g/mol. The van der Waals surface area contributed by atoms with Crippen molar-refractivity contribution in [2.45, 2.75) is 19.0 Å². The summed E-state index contributed by atoms with van der Waals surface area (Å²) >= 11 is 7.58. The average Bonchev–Trinajstić information content (AvgIpc) is 2.78. The minimum absolute atomic E-state index is 0.0863. The highest BCUT2D eigenvalue weighted by molar-refractivity contribution is 7.99. The number of amides is 1. The minimum atomic E-state index is 0.0863. The van der Waals surface area contributed by atoms with Crippen LogP contribution in [0.2, 0.25) is 5.15 Å². The van der Waals surface area contributed by atoms with Crippen molar-refractivity contribution in [3.8, 4) is 5.75 Å². The van der Waals surface area contributed by atoms with Gasteiger partial charge in [0.1, 0.15) is 16.7 Å². The zero-order valence-electron chi connectivity index (χ0n) is 17.7. The maximum atomic E-state index is 12.3. The third kappa shape index (κ3) is 5.70. The van der Waals surface area contributed by atoms with E-state index < -0.39 is 0 Å². The van der Waals surface area contributed by atoms with E-state index in [1.165, 1.54) is 17.4 Å². The van der Waals surface area contributed by atoms with Crippen LogP contribution in [0.1, 0.15) is 13.8 Å². The van der Waals surface area contributed by atoms with E-state index in [0.29, 0.717) is 29.2 Å². The predicted octanol–water partition coefficient (Wildman–Crippen LogP) is 3.43. The maximum absolute atomic E-state index is 12.3. The number of hydrogen-bond donors (Lipinski definition) is 0. The molecular formula is C21H28ClN5O2S. The van der Waals surface area contributed by atoms with E-state index in [4.69, 9.17) is 16.3 Å². The van der Waals surface area contributed by atoms with Gasteiger partial charge in [0.2, 0.25) is 5.91 Å². The standard InChI is InChI=1S/C21H28ClN5O2S/c1-4-25(5-2)20(28)15-30-21-23-18(22)14-19(24-21)27-12-10-26(11-13-27)16-6-8-17(29-3)9-7-16/h6-9,14H,4-5,10-13,15H2,1-3H3. The Hall–Kier alpha value is -2.19. The molecule has 2 aromatic rings. The summed E-state index contributed by atoms with van der Waals surface area (Å²) in [6.07, 6.45) is 0. The van der Waals surface area contributed by atoms with Crippen molar-refractivity contribution in [2.24, 2.45) is 0 Å². The zero-order chi connectivity index (χ0) is 21.5. The number of thioether (sulfide) groups is 1. The fourth-order valence-electron chi connectivity index (χ4n) is 3.39. The number of aromatic nitrogens is 2. The number of benzene rings is 1. The highest BCUT2D eigenvalue weighted by Crippen LogP contribution is 2.25. The van der Waals surface area contributed by atoms with E-state index in [0.717, 1.165) is 37.7 Å². The molecule has 1 aromatic heterocycles. The van der Waals surface area contributed by atoms with Crippen molar-refractivity contribution in [1.29, 1.82) is 0 Å². The van der Waals surface area contributed by atoms with Gasteiger partial charge in [-0.25, -0.2) is 9.97 Å². The third-order valence-electron chi connectivity index (χ3n) is 5.14. The van der Waals surface area contributed by atoms with E-state index in [1.54, 1.807) is 18.1 Å². The molecule has 1 saturated heterocycles. The van der Waals surface area contributed by atoms with Crippen LogP contribution in [0.4, 0.5) is 11.5 Å². The van der Waals surface area contributed by atoms with Crippen LogP contribution in [0.3, 0.4) is 0 Å². The van der Waals surface area contributed by atoms with Gasteiger partial charge in [-0.1, -0.05) is 23.4 Å². The van der Waals surface area contributed by atoms with Gasteiger partial charge in [-0.3, -0.25) is 4.79 Å². The van der Waals surface area contributed by atoms with E-state index in [2.05, 4.69) is 31.9 Å². The van der Waals surface area contributed by atoms with Crippen LogP contribution in [0.5, 0.6) is 5.75 Å². The molecule has 9 heteroatoms. The van der Waals surface area contributed by atoms with Crippen LogP contribution in [-0.2, 0) is 4.79 Å². The molecule has 0 aliphatic carbocycles. The SMILES string of the molecule is CCN(CC)C(=O)CSc1nc(Cl)cc(N2CCN(c3ccc(OC)cc3)CC2)n1. The fourth-order valence-corrected chi connectivity index (χ4v) is 4.38. The number of halogens is 1. The number of rotatable bonds is 8. The van der Waals surface area contributed by atoms with Crippen molar-refractivity contribution < 1.29 is 9.53 Å². The Morgan fingerprint density at radius 3 is 2.33 bits per heavy atom. The van der Waals surface area contributed by atoms with Crippen LogP contribution in [-0.4, -0.2) is 72.9 Å². The normalized spacial score (nSPS) is 14.0. The molecule has 7 nitrogen and oxygen atoms in total. The molecule has 1 aromatic carbocycles. The number of nitrogens with zero attached hydrogens (tertiary/aromatic N) is 5. The highest BCUT2D eigenvalue weighted by Gasteiger charge is 2.20. The number of ether oxygens (including phenoxy) is 1. The van der Waals surface area contributed by atoms with Gasteiger partial charge in [0.05, 0.1) is 12.9 Å². The van der Waals surface area contributed by atoms with E-state index in [1.807, 2.05) is 26.0 Å². The van der Waals surface area contributed by atoms with E-state index >= 15 is 0 Å². The molecule has 2 heterocycles. The Morgan fingerprint density at radius 2 is 1.73 bits per heavy atom. The lowest BCUT2D eigenvalue weighted by atomic mass is 10.2. The summed E-state index contributed by atoms with van der Waals surface area (Å²) in [5.41, 5.74) is 1.18. The Labute approximate surface area is 187 Å². The largest absolute Gasteiger partial charge is 0.497 e. The second-order valence-corrected chi connectivity index (χ2v) is 8.19. The highest BCUT2D eigenvalue weighted by atomic mass is 35.5. The number of carbonyl (C=O) groups is 1. The lowest BCUT2D eigenvalue weighted by Crippen LogP contribution is -2.46. The van der Waals surface area contributed by atoms with Gasteiger partial charge in [-0.2, -0.15) is 0 Å². The van der Waals surface area contributed by atoms with Gasteiger partial charge in [0.25, 0.3) is 0 Å². The first kappa shape index (κ1) is 22.5. The number of hydrogen-bond acceptors (Lipinski definition) is 7. The smallest absolute Gasteiger partial charge is 0.233 e. The summed E-state index contributed by atoms with van der Waals surface area (Å²) in [6, 6.07) is 9.92. The molecule has 0 unspecified atom stereocenters. The van der Waals surface area contributed by atoms with Crippen molar-refractivity contribution in [1.82, 2.24) is 14.9 Å². The molecule has 3 rings (SSSR count).